The van der Waals surface area contributed by atoms with Crippen molar-refractivity contribution in [2.24, 2.45) is 5.41 Å². The van der Waals surface area contributed by atoms with Gasteiger partial charge in [-0.25, -0.2) is 13.4 Å². The topological polar surface area (TPSA) is 62.3 Å². The van der Waals surface area contributed by atoms with Crippen molar-refractivity contribution in [3.63, 3.8) is 0 Å². The highest BCUT2D eigenvalue weighted by molar-refractivity contribution is 7.90. The maximum absolute atomic E-state index is 11.8. The molecule has 0 bridgehead atoms. The molecule has 5 nitrogen and oxygen atoms in total. The van der Waals surface area contributed by atoms with Crippen LogP contribution in [0.5, 0.6) is 0 Å². The smallest absolute Gasteiger partial charge is 0.179 e. The van der Waals surface area contributed by atoms with Crippen molar-refractivity contribution in [2.45, 2.75) is 31.7 Å². The zero-order valence-corrected chi connectivity index (χ0v) is 14.0. The summed E-state index contributed by atoms with van der Waals surface area (Å²) in [5, 5.41) is 3.25. The normalized spacial score (nSPS) is 14.3. The molecule has 1 aromatic rings. The number of nitrogens with zero attached hydrogens (tertiary/aromatic N) is 2. The maximum Gasteiger partial charge on any atom is 0.179 e. The summed E-state index contributed by atoms with van der Waals surface area (Å²) in [6, 6.07) is 3.30. The van der Waals surface area contributed by atoms with Gasteiger partial charge in [-0.05, 0) is 38.6 Å². The average molecular weight is 299 g/mol. The number of hydrogen-bond acceptors (Lipinski definition) is 5. The Bertz CT molecular complexity index is 553. The van der Waals surface area contributed by atoms with Gasteiger partial charge in [0.2, 0.25) is 0 Å². The minimum Gasteiger partial charge on any atom is -0.366 e. The summed E-state index contributed by atoms with van der Waals surface area (Å²) in [5.41, 5.74) is -0.0181. The molecule has 114 valence electrons. The summed E-state index contributed by atoms with van der Waals surface area (Å²) in [4.78, 5) is 6.54. The molecule has 1 unspecified atom stereocenters. The van der Waals surface area contributed by atoms with Gasteiger partial charge in [-0.15, -0.1) is 0 Å². The molecule has 20 heavy (non-hydrogen) atoms. The van der Waals surface area contributed by atoms with Gasteiger partial charge < -0.3 is 10.2 Å². The van der Waals surface area contributed by atoms with E-state index in [0.29, 0.717) is 5.82 Å². The Kier molecular flexibility index (Phi) is 5.15. The zero-order valence-electron chi connectivity index (χ0n) is 13.1. The molecule has 0 aliphatic carbocycles. The van der Waals surface area contributed by atoms with Crippen LogP contribution in [0.1, 0.15) is 20.8 Å². The van der Waals surface area contributed by atoms with E-state index in [-0.39, 0.29) is 16.4 Å². The van der Waals surface area contributed by atoms with Gasteiger partial charge in [-0.3, -0.25) is 0 Å². The lowest BCUT2D eigenvalue weighted by molar-refractivity contribution is 0.217. The second-order valence-corrected chi connectivity index (χ2v) is 8.20. The SMILES string of the molecule is CC(Nc1ncccc1S(C)(=O)=O)C(C)(C)CN(C)C. The third-order valence-electron chi connectivity index (χ3n) is 3.42. The maximum atomic E-state index is 11.8. The van der Waals surface area contributed by atoms with Gasteiger partial charge in [0.15, 0.2) is 9.84 Å². The van der Waals surface area contributed by atoms with Gasteiger partial charge in [0, 0.05) is 25.0 Å². The largest absolute Gasteiger partial charge is 0.366 e. The Balaban J connectivity index is 3.00. The van der Waals surface area contributed by atoms with E-state index in [1.165, 1.54) is 6.26 Å². The summed E-state index contributed by atoms with van der Waals surface area (Å²) in [6.45, 7) is 7.23. The zero-order chi connectivity index (χ0) is 15.6. The van der Waals surface area contributed by atoms with E-state index < -0.39 is 9.84 Å². The van der Waals surface area contributed by atoms with E-state index >= 15 is 0 Å². The fourth-order valence-electron chi connectivity index (χ4n) is 2.15. The highest BCUT2D eigenvalue weighted by Gasteiger charge is 2.28. The first-order chi connectivity index (χ1) is 9.04. The molecule has 6 heteroatoms. The molecule has 0 radical (unpaired) electrons. The minimum atomic E-state index is -3.28. The van der Waals surface area contributed by atoms with Gasteiger partial charge in [0.1, 0.15) is 10.7 Å². The lowest BCUT2D eigenvalue weighted by Crippen LogP contribution is -2.41. The number of aromatic nitrogens is 1. The lowest BCUT2D eigenvalue weighted by atomic mass is 9.85. The van der Waals surface area contributed by atoms with Crippen molar-refractivity contribution in [1.29, 1.82) is 0 Å². The molecule has 0 saturated heterocycles. The molecule has 0 aromatic carbocycles. The van der Waals surface area contributed by atoms with Crippen molar-refractivity contribution in [3.05, 3.63) is 18.3 Å². The van der Waals surface area contributed by atoms with Gasteiger partial charge >= 0.3 is 0 Å². The van der Waals surface area contributed by atoms with E-state index in [9.17, 15) is 8.42 Å². The lowest BCUT2D eigenvalue weighted by Gasteiger charge is -2.35. The number of rotatable bonds is 6. The molecule has 0 aliphatic heterocycles. The van der Waals surface area contributed by atoms with Crippen LogP contribution in [0, 0.1) is 5.41 Å². The van der Waals surface area contributed by atoms with Crippen LogP contribution in [0.25, 0.3) is 0 Å². The molecule has 1 atom stereocenters. The quantitative estimate of drug-likeness (QED) is 0.869. The molecular weight excluding hydrogens is 274 g/mol. The third-order valence-corrected chi connectivity index (χ3v) is 4.55. The van der Waals surface area contributed by atoms with E-state index in [0.717, 1.165) is 6.54 Å². The molecule has 0 aliphatic rings. The van der Waals surface area contributed by atoms with Crippen LogP contribution in [0.15, 0.2) is 23.2 Å². The highest BCUT2D eigenvalue weighted by Crippen LogP contribution is 2.26. The molecule has 1 rings (SSSR count). The summed E-state index contributed by atoms with van der Waals surface area (Å²) in [5.74, 6) is 0.425. The van der Waals surface area contributed by atoms with Crippen LogP contribution < -0.4 is 5.32 Å². The van der Waals surface area contributed by atoms with Crippen molar-refractivity contribution < 1.29 is 8.42 Å². The second-order valence-electron chi connectivity index (χ2n) is 6.21. The van der Waals surface area contributed by atoms with E-state index in [4.69, 9.17) is 0 Å². The van der Waals surface area contributed by atoms with Crippen LogP contribution in [0.4, 0.5) is 5.82 Å². The average Bonchev–Trinajstić information content (AvgIpc) is 2.26. The van der Waals surface area contributed by atoms with E-state index in [2.05, 4.69) is 29.0 Å². The molecule has 0 saturated carbocycles. The third kappa shape index (κ3) is 4.45. The minimum absolute atomic E-state index is 0.0181. The Morgan fingerprint density at radius 3 is 2.50 bits per heavy atom. The molecule has 0 amide bonds. The predicted molar refractivity (Wildman–Crippen MR) is 82.8 cm³/mol. The van der Waals surface area contributed by atoms with Gasteiger partial charge in [0.05, 0.1) is 0 Å². The number of sulfone groups is 1. The van der Waals surface area contributed by atoms with Crippen LogP contribution in [-0.2, 0) is 9.84 Å². The van der Waals surface area contributed by atoms with Crippen LogP contribution in [-0.4, -0.2) is 51.2 Å². The fraction of sp³-hybridized carbons (Fsp3) is 0.643. The number of anilines is 1. The van der Waals surface area contributed by atoms with Crippen LogP contribution >= 0.6 is 0 Å². The fourth-order valence-corrected chi connectivity index (χ4v) is 2.94. The standard InChI is InChI=1S/C14H25N3O2S/c1-11(14(2,3)10-17(4)5)16-13-12(20(6,18)19)8-7-9-15-13/h7-9,11H,10H2,1-6H3,(H,15,16). The molecule has 1 aromatic heterocycles. The van der Waals surface area contributed by atoms with Crippen molar-refractivity contribution in [1.82, 2.24) is 9.88 Å². The Morgan fingerprint density at radius 1 is 1.40 bits per heavy atom. The summed E-state index contributed by atoms with van der Waals surface area (Å²) < 4.78 is 23.5. The Labute approximate surface area is 122 Å². The Hall–Kier alpha value is -1.14. The molecule has 1 heterocycles. The summed E-state index contributed by atoms with van der Waals surface area (Å²) in [6.07, 6.45) is 2.80. The van der Waals surface area contributed by atoms with Gasteiger partial charge in [0.25, 0.3) is 0 Å². The molecule has 0 fully saturated rings. The monoisotopic (exact) mass is 299 g/mol. The van der Waals surface area contributed by atoms with Crippen molar-refractivity contribution in [2.75, 3.05) is 32.2 Å². The first-order valence-corrected chi connectivity index (χ1v) is 8.49. The molecule has 1 N–H and O–H groups in total. The second kappa shape index (κ2) is 6.10. The Morgan fingerprint density at radius 2 is 2.00 bits per heavy atom. The first-order valence-electron chi connectivity index (χ1n) is 6.60. The van der Waals surface area contributed by atoms with E-state index in [1.54, 1.807) is 18.3 Å². The highest BCUT2D eigenvalue weighted by atomic mass is 32.2. The molecule has 0 spiro atoms. The number of hydrogen-bond donors (Lipinski definition) is 1. The van der Waals surface area contributed by atoms with Crippen molar-refractivity contribution in [3.8, 4) is 0 Å². The summed E-state index contributed by atoms with van der Waals surface area (Å²) in [7, 11) is 0.767. The van der Waals surface area contributed by atoms with Crippen LogP contribution in [0.2, 0.25) is 0 Å². The number of pyridine rings is 1. The first kappa shape index (κ1) is 16.9. The number of nitrogens with one attached hydrogen (secondary N) is 1. The van der Waals surface area contributed by atoms with Crippen molar-refractivity contribution >= 4 is 15.7 Å². The summed E-state index contributed by atoms with van der Waals surface area (Å²) >= 11 is 0. The van der Waals surface area contributed by atoms with E-state index in [1.807, 2.05) is 21.0 Å². The van der Waals surface area contributed by atoms with Gasteiger partial charge in [-0.1, -0.05) is 13.8 Å². The van der Waals surface area contributed by atoms with Gasteiger partial charge in [-0.2, -0.15) is 0 Å². The predicted octanol–water partition coefficient (Wildman–Crippen LogP) is 1.87. The van der Waals surface area contributed by atoms with Crippen LogP contribution in [0.3, 0.4) is 0 Å². The molecular formula is C14H25N3O2S.